The quantitative estimate of drug-likeness (QED) is 0.859. The number of hydrogen-bond acceptors (Lipinski definition) is 4. The van der Waals surface area contributed by atoms with Crippen LogP contribution in [0.15, 0.2) is 23.8 Å². The van der Waals surface area contributed by atoms with Crippen molar-refractivity contribution >= 4 is 17.2 Å². The lowest BCUT2D eigenvalue weighted by Crippen LogP contribution is -2.46. The number of thiophene rings is 1. The molecule has 1 atom stereocenters. The topological polar surface area (TPSA) is 41.4 Å². The van der Waals surface area contributed by atoms with Crippen molar-refractivity contribution in [2.75, 3.05) is 26.2 Å². The molecule has 24 heavy (non-hydrogen) atoms. The van der Waals surface area contributed by atoms with Gasteiger partial charge in [0.05, 0.1) is 12.6 Å². The summed E-state index contributed by atoms with van der Waals surface area (Å²) in [5.41, 5.74) is 1.41. The number of imidazole rings is 1. The average molecular weight is 344 g/mol. The molecule has 4 rings (SSSR count). The zero-order valence-corrected chi connectivity index (χ0v) is 15.0. The van der Waals surface area contributed by atoms with Crippen molar-refractivity contribution in [3.05, 3.63) is 40.1 Å². The van der Waals surface area contributed by atoms with Crippen LogP contribution in [0.3, 0.4) is 0 Å². The Hall–Kier alpha value is -1.66. The number of carbonyl (C=O) groups is 1. The monoisotopic (exact) mass is 344 g/mol. The third-order valence-corrected chi connectivity index (χ3v) is 6.27. The number of hydrogen-bond donors (Lipinski definition) is 0. The number of carbonyl (C=O) groups excluding carboxylic acids is 1. The van der Waals surface area contributed by atoms with E-state index in [4.69, 9.17) is 0 Å². The van der Waals surface area contributed by atoms with Crippen molar-refractivity contribution in [1.82, 2.24) is 19.4 Å². The molecule has 0 aromatic carbocycles. The van der Waals surface area contributed by atoms with Gasteiger partial charge in [-0.1, -0.05) is 0 Å². The molecule has 1 saturated heterocycles. The van der Waals surface area contributed by atoms with Crippen molar-refractivity contribution in [3.8, 4) is 0 Å². The van der Waals surface area contributed by atoms with E-state index >= 15 is 0 Å². The fourth-order valence-corrected chi connectivity index (χ4v) is 4.80. The molecule has 0 spiro atoms. The molecule has 1 amide bonds. The molecule has 128 valence electrons. The van der Waals surface area contributed by atoms with E-state index in [-0.39, 0.29) is 5.91 Å². The van der Waals surface area contributed by atoms with Gasteiger partial charge < -0.3 is 9.47 Å². The smallest absolute Gasteiger partial charge is 0.236 e. The van der Waals surface area contributed by atoms with Gasteiger partial charge in [0.15, 0.2) is 0 Å². The Kier molecular flexibility index (Phi) is 4.41. The van der Waals surface area contributed by atoms with Gasteiger partial charge in [0, 0.05) is 43.4 Å². The van der Waals surface area contributed by atoms with Gasteiger partial charge in [-0.2, -0.15) is 0 Å². The van der Waals surface area contributed by atoms with Crippen LogP contribution < -0.4 is 0 Å². The molecule has 0 unspecified atom stereocenters. The zero-order chi connectivity index (χ0) is 16.5. The Morgan fingerprint density at radius 3 is 3.17 bits per heavy atom. The third kappa shape index (κ3) is 3.13. The van der Waals surface area contributed by atoms with Gasteiger partial charge in [0.25, 0.3) is 0 Å². The van der Waals surface area contributed by atoms with Gasteiger partial charge in [-0.3, -0.25) is 9.69 Å². The minimum absolute atomic E-state index is 0.274. The number of fused-ring (bicyclic) bond motifs is 1. The maximum atomic E-state index is 12.8. The summed E-state index contributed by atoms with van der Waals surface area (Å²) in [6, 6.07) is 2.57. The molecule has 0 bridgehead atoms. The predicted molar refractivity (Wildman–Crippen MR) is 95.1 cm³/mol. The molecule has 0 radical (unpaired) electrons. The fraction of sp³-hybridized carbons (Fsp3) is 0.556. The van der Waals surface area contributed by atoms with Crippen LogP contribution in [0.5, 0.6) is 0 Å². The number of likely N-dealkylation sites (tertiary alicyclic amines) is 1. The number of piperidine rings is 1. The number of rotatable bonds is 3. The minimum Gasteiger partial charge on any atom is -0.340 e. The van der Waals surface area contributed by atoms with Gasteiger partial charge >= 0.3 is 0 Å². The van der Waals surface area contributed by atoms with E-state index in [1.54, 1.807) is 0 Å². The molecule has 0 N–H and O–H groups in total. The summed E-state index contributed by atoms with van der Waals surface area (Å²) >= 11 is 1.84. The summed E-state index contributed by atoms with van der Waals surface area (Å²) in [7, 11) is 0. The van der Waals surface area contributed by atoms with Crippen molar-refractivity contribution in [1.29, 1.82) is 0 Å². The molecule has 2 aliphatic heterocycles. The first-order valence-electron chi connectivity index (χ1n) is 8.75. The van der Waals surface area contributed by atoms with Crippen LogP contribution in [0.4, 0.5) is 0 Å². The number of aromatic nitrogens is 2. The highest BCUT2D eigenvalue weighted by Gasteiger charge is 2.27. The second-order valence-electron chi connectivity index (χ2n) is 6.85. The largest absolute Gasteiger partial charge is 0.340 e. The third-order valence-electron chi connectivity index (χ3n) is 5.25. The highest BCUT2D eigenvalue weighted by atomic mass is 32.1. The maximum absolute atomic E-state index is 12.8. The molecular formula is C18H24N4OS. The number of aryl methyl sites for hydroxylation is 1. The normalized spacial score (nSPS) is 21.7. The second kappa shape index (κ2) is 6.69. The van der Waals surface area contributed by atoms with E-state index in [2.05, 4.69) is 30.8 Å². The molecule has 5 nitrogen and oxygen atoms in total. The highest BCUT2D eigenvalue weighted by molar-refractivity contribution is 7.10. The summed E-state index contributed by atoms with van der Waals surface area (Å²) < 4.78 is 2.22. The Bertz CT molecular complexity index is 722. The van der Waals surface area contributed by atoms with E-state index < -0.39 is 0 Å². The zero-order valence-electron chi connectivity index (χ0n) is 14.1. The van der Waals surface area contributed by atoms with Crippen LogP contribution in [0.25, 0.3) is 0 Å². The van der Waals surface area contributed by atoms with E-state index in [1.165, 1.54) is 10.4 Å². The molecule has 2 aliphatic rings. The molecule has 1 fully saturated rings. The first-order valence-corrected chi connectivity index (χ1v) is 9.63. The van der Waals surface area contributed by atoms with Gasteiger partial charge in [-0.15, -0.1) is 11.3 Å². The summed E-state index contributed by atoms with van der Waals surface area (Å²) in [4.78, 5) is 22.9. The number of nitrogens with zero attached hydrogens (tertiary/aromatic N) is 4. The van der Waals surface area contributed by atoms with Crippen molar-refractivity contribution in [2.45, 2.75) is 38.8 Å². The second-order valence-corrected chi connectivity index (χ2v) is 7.85. The van der Waals surface area contributed by atoms with Crippen LogP contribution in [0.1, 0.15) is 35.1 Å². The van der Waals surface area contributed by atoms with Crippen LogP contribution in [-0.2, 0) is 17.8 Å². The lowest BCUT2D eigenvalue weighted by Gasteiger charge is -2.35. The molecule has 2 aromatic heterocycles. The van der Waals surface area contributed by atoms with Crippen LogP contribution in [-0.4, -0.2) is 51.4 Å². The van der Waals surface area contributed by atoms with E-state index in [9.17, 15) is 4.79 Å². The highest BCUT2D eigenvalue weighted by Crippen LogP contribution is 2.25. The molecule has 2 aromatic rings. The van der Waals surface area contributed by atoms with Gasteiger partial charge in [0.2, 0.25) is 5.91 Å². The first-order chi connectivity index (χ1) is 11.7. The van der Waals surface area contributed by atoms with E-state index in [1.807, 2.05) is 30.7 Å². The van der Waals surface area contributed by atoms with Crippen molar-refractivity contribution in [3.63, 3.8) is 0 Å². The summed E-state index contributed by atoms with van der Waals surface area (Å²) in [6.45, 7) is 6.20. The Morgan fingerprint density at radius 2 is 2.33 bits per heavy atom. The van der Waals surface area contributed by atoms with Crippen molar-refractivity contribution in [2.24, 2.45) is 0 Å². The number of amides is 1. The van der Waals surface area contributed by atoms with Gasteiger partial charge in [-0.25, -0.2) is 4.98 Å². The summed E-state index contributed by atoms with van der Waals surface area (Å²) in [6.07, 6.45) is 7.17. The van der Waals surface area contributed by atoms with Gasteiger partial charge in [0.1, 0.15) is 5.82 Å². The Labute approximate surface area is 146 Å². The van der Waals surface area contributed by atoms with E-state index in [0.717, 1.165) is 51.3 Å². The Balaban J connectivity index is 1.37. The lowest BCUT2D eigenvalue weighted by atomic mass is 10.0. The SMILES string of the molecule is Cc1nccn1[C@@H]1CCCN(C(=O)CN2CCc3sccc3C2)C1. The van der Waals surface area contributed by atoms with Crippen LogP contribution >= 0.6 is 11.3 Å². The molecule has 0 saturated carbocycles. The standard InChI is InChI=1S/C18H24N4OS/c1-14-19-6-9-22(14)16-3-2-7-21(12-16)18(23)13-20-8-4-17-15(11-20)5-10-24-17/h5-6,9-10,16H,2-4,7-8,11-13H2,1H3/t16-/m1/s1. The summed E-state index contributed by atoms with van der Waals surface area (Å²) in [5, 5.41) is 2.17. The molecular weight excluding hydrogens is 320 g/mol. The van der Waals surface area contributed by atoms with Crippen molar-refractivity contribution < 1.29 is 4.79 Å². The molecule has 6 heteroatoms. The predicted octanol–water partition coefficient (Wildman–Crippen LogP) is 2.47. The lowest BCUT2D eigenvalue weighted by molar-refractivity contribution is -0.134. The van der Waals surface area contributed by atoms with Crippen LogP contribution in [0, 0.1) is 6.92 Å². The maximum Gasteiger partial charge on any atom is 0.236 e. The van der Waals surface area contributed by atoms with Crippen LogP contribution in [0.2, 0.25) is 0 Å². The average Bonchev–Trinajstić information content (AvgIpc) is 3.23. The molecule has 0 aliphatic carbocycles. The van der Waals surface area contributed by atoms with Gasteiger partial charge in [-0.05, 0) is 43.2 Å². The molecule has 4 heterocycles. The first kappa shape index (κ1) is 15.8. The fourth-order valence-electron chi connectivity index (χ4n) is 3.91. The minimum atomic E-state index is 0.274. The summed E-state index contributed by atoms with van der Waals surface area (Å²) in [5.74, 6) is 1.31. The Morgan fingerprint density at radius 1 is 1.42 bits per heavy atom. The van der Waals surface area contributed by atoms with E-state index in [0.29, 0.717) is 12.6 Å².